The van der Waals surface area contributed by atoms with Crippen molar-refractivity contribution in [2.45, 2.75) is 13.8 Å². The van der Waals surface area contributed by atoms with Gasteiger partial charge in [0, 0.05) is 29.7 Å². The molecule has 0 atom stereocenters. The summed E-state index contributed by atoms with van der Waals surface area (Å²) in [5, 5.41) is 5.96. The highest BCUT2D eigenvalue weighted by Gasteiger charge is 2.13. The van der Waals surface area contributed by atoms with Crippen LogP contribution in [0.3, 0.4) is 0 Å². The van der Waals surface area contributed by atoms with E-state index < -0.39 is 0 Å². The number of amides is 2. The van der Waals surface area contributed by atoms with Crippen LogP contribution in [0, 0.1) is 13.8 Å². The summed E-state index contributed by atoms with van der Waals surface area (Å²) < 4.78 is 0. The Morgan fingerprint density at radius 1 is 0.828 bits per heavy atom. The Labute approximate surface area is 171 Å². The molecule has 0 aromatic heterocycles. The topological polar surface area (TPSA) is 61.4 Å². The van der Waals surface area contributed by atoms with Crippen LogP contribution < -0.4 is 15.5 Å². The predicted molar refractivity (Wildman–Crippen MR) is 119 cm³/mol. The fraction of sp³-hybridized carbons (Fsp3) is 0.167. The largest absolute Gasteiger partial charge is 0.376 e. The van der Waals surface area contributed by atoms with Crippen LogP contribution in [-0.4, -0.2) is 25.4 Å². The lowest BCUT2D eigenvalue weighted by Crippen LogP contribution is -2.26. The second kappa shape index (κ2) is 9.06. The van der Waals surface area contributed by atoms with Gasteiger partial charge in [0.1, 0.15) is 0 Å². The van der Waals surface area contributed by atoms with Crippen molar-refractivity contribution in [3.8, 4) is 0 Å². The number of hydrogen-bond donors (Lipinski definition) is 2. The summed E-state index contributed by atoms with van der Waals surface area (Å²) in [4.78, 5) is 26.6. The molecule has 0 radical (unpaired) electrons. The minimum atomic E-state index is -0.147. The third-order valence-electron chi connectivity index (χ3n) is 4.80. The molecule has 3 aromatic carbocycles. The lowest BCUT2D eigenvalue weighted by Gasteiger charge is -2.18. The molecule has 0 fully saturated rings. The van der Waals surface area contributed by atoms with Crippen molar-refractivity contribution in [1.82, 2.24) is 0 Å². The van der Waals surface area contributed by atoms with E-state index in [0.29, 0.717) is 11.3 Å². The maximum absolute atomic E-state index is 12.8. The predicted octanol–water partition coefficient (Wildman–Crippen LogP) is 4.63. The van der Waals surface area contributed by atoms with Gasteiger partial charge in [-0.25, -0.2) is 0 Å². The van der Waals surface area contributed by atoms with Gasteiger partial charge < -0.3 is 15.5 Å². The Bertz CT molecular complexity index is 1020. The number of rotatable bonds is 6. The van der Waals surface area contributed by atoms with Crippen LogP contribution in [0.5, 0.6) is 0 Å². The number of hydrogen-bond acceptors (Lipinski definition) is 3. The summed E-state index contributed by atoms with van der Waals surface area (Å²) >= 11 is 0. The number of carbonyl (C=O) groups excluding carboxylic acids is 2. The first-order valence-corrected chi connectivity index (χ1v) is 9.48. The lowest BCUT2D eigenvalue weighted by molar-refractivity contribution is -0.114. The van der Waals surface area contributed by atoms with Crippen molar-refractivity contribution >= 4 is 28.9 Å². The van der Waals surface area contributed by atoms with Crippen LogP contribution >= 0.6 is 0 Å². The molecule has 0 heterocycles. The molecular weight excluding hydrogens is 362 g/mol. The number of anilines is 3. The lowest BCUT2D eigenvalue weighted by atomic mass is 10.1. The first-order valence-electron chi connectivity index (χ1n) is 9.48. The molecular formula is C24H25N3O2. The molecule has 2 amide bonds. The van der Waals surface area contributed by atoms with E-state index in [2.05, 4.69) is 10.6 Å². The van der Waals surface area contributed by atoms with Gasteiger partial charge in [0.15, 0.2) is 0 Å². The van der Waals surface area contributed by atoms with Gasteiger partial charge in [-0.2, -0.15) is 0 Å². The molecule has 3 rings (SSSR count). The Balaban J connectivity index is 1.61. The van der Waals surface area contributed by atoms with Gasteiger partial charge >= 0.3 is 0 Å². The quantitative estimate of drug-likeness (QED) is 0.648. The normalized spacial score (nSPS) is 10.3. The van der Waals surface area contributed by atoms with Crippen molar-refractivity contribution in [2.24, 2.45) is 0 Å². The van der Waals surface area contributed by atoms with Crippen LogP contribution in [0.2, 0.25) is 0 Å². The number of benzene rings is 3. The summed E-state index contributed by atoms with van der Waals surface area (Å²) in [6.45, 7) is 4.16. The standard InChI is InChI=1S/C24H25N3O2/c1-17-12-13-21(14-18(17)2)26-23(28)16-25-20-9-7-8-19(15-20)24(29)27(3)22-10-5-4-6-11-22/h4-15,25H,16H2,1-3H3,(H,26,28). The maximum atomic E-state index is 12.8. The summed E-state index contributed by atoms with van der Waals surface area (Å²) in [5.41, 5.74) is 5.17. The van der Waals surface area contributed by atoms with Gasteiger partial charge in [0.05, 0.1) is 6.54 Å². The van der Waals surface area contributed by atoms with Crippen LogP contribution in [-0.2, 0) is 4.79 Å². The number of nitrogens with zero attached hydrogens (tertiary/aromatic N) is 1. The summed E-state index contributed by atoms with van der Waals surface area (Å²) in [6, 6.07) is 22.5. The van der Waals surface area contributed by atoms with E-state index in [1.807, 2.05) is 68.4 Å². The molecule has 0 aliphatic rings. The number of aryl methyl sites for hydroxylation is 2. The number of nitrogens with one attached hydrogen (secondary N) is 2. The van der Waals surface area contributed by atoms with Crippen molar-refractivity contribution in [2.75, 3.05) is 29.1 Å². The molecule has 3 aromatic rings. The first-order chi connectivity index (χ1) is 13.9. The zero-order chi connectivity index (χ0) is 20.8. The minimum Gasteiger partial charge on any atom is -0.376 e. The van der Waals surface area contributed by atoms with E-state index >= 15 is 0 Å². The van der Waals surface area contributed by atoms with Gasteiger partial charge in [0.25, 0.3) is 5.91 Å². The van der Waals surface area contributed by atoms with Gasteiger partial charge in [-0.3, -0.25) is 9.59 Å². The van der Waals surface area contributed by atoms with Gasteiger partial charge in [-0.1, -0.05) is 30.3 Å². The SMILES string of the molecule is Cc1ccc(NC(=O)CNc2cccc(C(=O)N(C)c3ccccc3)c2)cc1C. The third-order valence-corrected chi connectivity index (χ3v) is 4.80. The number of para-hydroxylation sites is 1. The second-order valence-electron chi connectivity index (χ2n) is 6.98. The Kier molecular flexibility index (Phi) is 6.29. The van der Waals surface area contributed by atoms with E-state index in [9.17, 15) is 9.59 Å². The molecule has 0 saturated heterocycles. The zero-order valence-electron chi connectivity index (χ0n) is 16.9. The summed E-state index contributed by atoms with van der Waals surface area (Å²) in [7, 11) is 1.74. The molecule has 0 unspecified atom stereocenters. The summed E-state index contributed by atoms with van der Waals surface area (Å²) in [6.07, 6.45) is 0. The average molecular weight is 387 g/mol. The van der Waals surface area contributed by atoms with E-state index in [1.54, 1.807) is 30.1 Å². The van der Waals surface area contributed by atoms with Crippen molar-refractivity contribution < 1.29 is 9.59 Å². The molecule has 0 aliphatic heterocycles. The monoisotopic (exact) mass is 387 g/mol. The van der Waals surface area contributed by atoms with Gasteiger partial charge in [-0.15, -0.1) is 0 Å². The maximum Gasteiger partial charge on any atom is 0.258 e. The zero-order valence-corrected chi connectivity index (χ0v) is 16.9. The van der Waals surface area contributed by atoms with Crippen LogP contribution in [0.1, 0.15) is 21.5 Å². The van der Waals surface area contributed by atoms with Crippen molar-refractivity contribution in [3.05, 3.63) is 89.5 Å². The summed E-state index contributed by atoms with van der Waals surface area (Å²) in [5.74, 6) is -0.259. The van der Waals surface area contributed by atoms with Gasteiger partial charge in [0.2, 0.25) is 5.91 Å². The minimum absolute atomic E-state index is 0.110. The first kappa shape index (κ1) is 20.1. The van der Waals surface area contributed by atoms with E-state index in [-0.39, 0.29) is 18.4 Å². The van der Waals surface area contributed by atoms with E-state index in [1.165, 1.54) is 5.56 Å². The number of carbonyl (C=O) groups is 2. The molecule has 5 nitrogen and oxygen atoms in total. The highest BCUT2D eigenvalue weighted by Crippen LogP contribution is 2.18. The molecule has 0 spiro atoms. The molecule has 0 saturated carbocycles. The van der Waals surface area contributed by atoms with E-state index in [0.717, 1.165) is 16.9 Å². The fourth-order valence-corrected chi connectivity index (χ4v) is 2.93. The average Bonchev–Trinajstić information content (AvgIpc) is 2.74. The molecule has 148 valence electrons. The van der Waals surface area contributed by atoms with Crippen LogP contribution in [0.15, 0.2) is 72.8 Å². The smallest absolute Gasteiger partial charge is 0.258 e. The van der Waals surface area contributed by atoms with Crippen LogP contribution in [0.25, 0.3) is 0 Å². The third kappa shape index (κ3) is 5.23. The highest BCUT2D eigenvalue weighted by atomic mass is 16.2. The Morgan fingerprint density at radius 3 is 2.31 bits per heavy atom. The molecule has 0 bridgehead atoms. The Hall–Kier alpha value is -3.60. The van der Waals surface area contributed by atoms with Gasteiger partial charge in [-0.05, 0) is 67.4 Å². The molecule has 5 heteroatoms. The second-order valence-corrected chi connectivity index (χ2v) is 6.98. The highest BCUT2D eigenvalue weighted by molar-refractivity contribution is 6.06. The molecule has 0 aliphatic carbocycles. The van der Waals surface area contributed by atoms with Crippen LogP contribution in [0.4, 0.5) is 17.1 Å². The Morgan fingerprint density at radius 2 is 1.59 bits per heavy atom. The van der Waals surface area contributed by atoms with Crippen molar-refractivity contribution in [3.63, 3.8) is 0 Å². The van der Waals surface area contributed by atoms with E-state index in [4.69, 9.17) is 0 Å². The van der Waals surface area contributed by atoms with Crippen molar-refractivity contribution in [1.29, 1.82) is 0 Å². The molecule has 29 heavy (non-hydrogen) atoms. The fourth-order valence-electron chi connectivity index (χ4n) is 2.93. The molecule has 2 N–H and O–H groups in total.